The van der Waals surface area contributed by atoms with Crippen molar-refractivity contribution in [2.45, 2.75) is 76.0 Å². The van der Waals surface area contributed by atoms with Gasteiger partial charge in [0, 0.05) is 37.7 Å². The van der Waals surface area contributed by atoms with Gasteiger partial charge < -0.3 is 44.6 Å². The zero-order valence-corrected chi connectivity index (χ0v) is 22.2. The summed E-state index contributed by atoms with van der Waals surface area (Å²) in [6, 6.07) is 0. The Morgan fingerprint density at radius 3 is 1.29 bits per heavy atom. The van der Waals surface area contributed by atoms with E-state index in [4.69, 9.17) is 34.4 Å². The van der Waals surface area contributed by atoms with Crippen LogP contribution in [0.25, 0.3) is 0 Å². The van der Waals surface area contributed by atoms with E-state index in [1.165, 1.54) is 21.6 Å². The van der Waals surface area contributed by atoms with Crippen molar-refractivity contribution in [2.75, 3.05) is 37.7 Å². The molecule has 0 aliphatic carbocycles. The second kappa shape index (κ2) is 16.9. The maximum absolute atomic E-state index is 12.0. The van der Waals surface area contributed by atoms with Crippen LogP contribution in [-0.4, -0.2) is 93.3 Å². The molecule has 0 rings (SSSR count). The zero-order valence-electron chi connectivity index (χ0n) is 20.5. The lowest BCUT2D eigenvalue weighted by Crippen LogP contribution is -2.63. The van der Waals surface area contributed by atoms with Crippen LogP contribution in [0.3, 0.4) is 0 Å². The van der Waals surface area contributed by atoms with Crippen molar-refractivity contribution in [1.82, 2.24) is 9.80 Å². The Morgan fingerprint density at radius 1 is 0.735 bits per heavy atom. The smallest absolute Gasteiger partial charge is 0.338 e. The third-order valence-corrected chi connectivity index (χ3v) is 7.95. The number of aliphatic carboxylic acids is 2. The predicted octanol–water partition coefficient (Wildman–Crippen LogP) is -0.682. The van der Waals surface area contributed by atoms with Gasteiger partial charge >= 0.3 is 11.9 Å². The monoisotopic (exact) mass is 526 g/mol. The van der Waals surface area contributed by atoms with E-state index in [9.17, 15) is 19.8 Å². The van der Waals surface area contributed by atoms with Gasteiger partial charge in [-0.1, -0.05) is 35.4 Å². The molecule has 0 saturated heterocycles. The van der Waals surface area contributed by atoms with E-state index in [0.717, 1.165) is 12.8 Å². The van der Waals surface area contributed by atoms with Crippen molar-refractivity contribution in [3.05, 3.63) is 0 Å². The van der Waals surface area contributed by atoms with Gasteiger partial charge in [0.15, 0.2) is 11.3 Å². The fraction of sp³-hybridized carbons (Fsp3) is 0.900. The molecule has 0 amide bonds. The van der Waals surface area contributed by atoms with E-state index in [1.54, 1.807) is 9.80 Å². The number of carbonyl (C=O) groups is 2. The van der Waals surface area contributed by atoms with Crippen molar-refractivity contribution in [3.8, 4) is 0 Å². The Labute approximate surface area is 211 Å². The molecule has 202 valence electrons. The molecular formula is C20H46N8O4S2. The molecule has 0 saturated carbocycles. The van der Waals surface area contributed by atoms with Gasteiger partial charge in [0.1, 0.15) is 0 Å². The lowest BCUT2D eigenvalue weighted by Gasteiger charge is -2.38. The minimum Gasteiger partial charge on any atom is -0.479 e. The Balaban J connectivity index is 4.93. The number of hydrogen-bond donors (Lipinski definition) is 8. The highest BCUT2D eigenvalue weighted by Crippen LogP contribution is 2.29. The van der Waals surface area contributed by atoms with Crippen molar-refractivity contribution in [3.63, 3.8) is 0 Å². The molecule has 34 heavy (non-hydrogen) atoms. The first-order chi connectivity index (χ1) is 15.8. The third kappa shape index (κ3) is 11.4. The van der Waals surface area contributed by atoms with Gasteiger partial charge in [-0.15, -0.1) is 0 Å². The minimum absolute atomic E-state index is 0.211. The topological polar surface area (TPSA) is 237 Å². The Bertz CT molecular complexity index is 555. The summed E-state index contributed by atoms with van der Waals surface area (Å²) in [5.41, 5.74) is 32.1. The molecule has 0 radical (unpaired) electrons. The standard InChI is InChI=1S/C20H46N8O4S2/c1-3-9-27(11-5-15(21)22)19(25,17(29)30)7-13-33-34-14-8-20(26,18(31)32)28(10-4-2)12-6-16(23)24/h15-16H,3-14,21-26H2,1-2H3,(H,29,30)(H,31,32)/t19-,20-/m1/s1. The molecule has 0 aromatic carbocycles. The summed E-state index contributed by atoms with van der Waals surface area (Å²) in [5.74, 6) is -1.27. The van der Waals surface area contributed by atoms with Crippen LogP contribution in [-0.2, 0) is 9.59 Å². The summed E-state index contributed by atoms with van der Waals surface area (Å²) < 4.78 is 0. The highest BCUT2D eigenvalue weighted by molar-refractivity contribution is 8.76. The zero-order chi connectivity index (χ0) is 26.4. The Morgan fingerprint density at radius 2 is 1.06 bits per heavy atom. The number of hydrogen-bond acceptors (Lipinski definition) is 12. The van der Waals surface area contributed by atoms with E-state index in [2.05, 4.69) is 0 Å². The van der Waals surface area contributed by atoms with Crippen molar-refractivity contribution >= 4 is 33.5 Å². The van der Waals surface area contributed by atoms with Gasteiger partial charge in [-0.05, 0) is 38.5 Å². The first-order valence-corrected chi connectivity index (χ1v) is 14.1. The fourth-order valence-electron chi connectivity index (χ4n) is 3.48. The molecule has 0 aromatic rings. The molecule has 14 N–H and O–H groups in total. The average molecular weight is 527 g/mol. The molecule has 0 fully saturated rings. The molecule has 0 heterocycles. The summed E-state index contributed by atoms with van der Waals surface area (Å²) in [6.07, 6.45) is 1.69. The normalized spacial score (nSPS) is 15.8. The second-order valence-corrected chi connectivity index (χ2v) is 11.2. The molecule has 14 heteroatoms. The lowest BCUT2D eigenvalue weighted by molar-refractivity contribution is -0.152. The average Bonchev–Trinajstić information content (AvgIpc) is 2.75. The van der Waals surface area contributed by atoms with Crippen molar-refractivity contribution in [1.29, 1.82) is 0 Å². The summed E-state index contributed by atoms with van der Waals surface area (Å²) in [6.45, 7) is 5.71. The second-order valence-electron chi connectivity index (χ2n) is 8.48. The molecule has 0 spiro atoms. The van der Waals surface area contributed by atoms with Gasteiger partial charge in [-0.3, -0.25) is 9.80 Å². The minimum atomic E-state index is -1.53. The van der Waals surface area contributed by atoms with Crippen molar-refractivity contribution < 1.29 is 19.8 Å². The van der Waals surface area contributed by atoms with Crippen LogP contribution >= 0.6 is 21.6 Å². The Kier molecular flexibility index (Phi) is 16.6. The Hall–Kier alpha value is -0.680. The molecule has 2 atom stereocenters. The molecule has 0 aliphatic rings. The quantitative estimate of drug-likeness (QED) is 0.0525. The van der Waals surface area contributed by atoms with Crippen molar-refractivity contribution in [2.24, 2.45) is 34.4 Å². The van der Waals surface area contributed by atoms with E-state index in [1.807, 2.05) is 13.8 Å². The number of carboxylic acid groups (broad SMARTS) is 2. The summed E-state index contributed by atoms with van der Waals surface area (Å²) in [5, 5.41) is 19.6. The molecule has 0 aromatic heterocycles. The molecule has 0 unspecified atom stereocenters. The molecule has 0 aliphatic heterocycles. The number of carboxylic acids is 2. The largest absolute Gasteiger partial charge is 0.479 e. The first-order valence-electron chi connectivity index (χ1n) is 11.7. The molecule has 12 nitrogen and oxygen atoms in total. The molecular weight excluding hydrogens is 480 g/mol. The number of nitrogens with two attached hydrogens (primary N) is 6. The van der Waals surface area contributed by atoms with Crippen LogP contribution in [0.15, 0.2) is 0 Å². The fourth-order valence-corrected chi connectivity index (χ4v) is 5.72. The van der Waals surface area contributed by atoms with Crippen LogP contribution in [0.1, 0.15) is 52.4 Å². The van der Waals surface area contributed by atoms with Crippen LogP contribution in [0, 0.1) is 0 Å². The highest BCUT2D eigenvalue weighted by Gasteiger charge is 2.41. The van der Waals surface area contributed by atoms with Gasteiger partial charge in [0.2, 0.25) is 0 Å². The van der Waals surface area contributed by atoms with E-state index in [-0.39, 0.29) is 12.8 Å². The summed E-state index contributed by atoms with van der Waals surface area (Å²) >= 11 is 0. The van der Waals surface area contributed by atoms with Crippen LogP contribution in [0.5, 0.6) is 0 Å². The van der Waals surface area contributed by atoms with Gasteiger partial charge in [-0.2, -0.15) is 0 Å². The number of nitrogens with zero attached hydrogens (tertiary/aromatic N) is 2. The van der Waals surface area contributed by atoms with Gasteiger partial charge in [0.25, 0.3) is 0 Å². The highest BCUT2D eigenvalue weighted by atomic mass is 33.1. The van der Waals surface area contributed by atoms with E-state index < -0.39 is 35.6 Å². The summed E-state index contributed by atoms with van der Waals surface area (Å²) in [4.78, 5) is 27.4. The molecule has 0 bridgehead atoms. The van der Waals surface area contributed by atoms with E-state index in [0.29, 0.717) is 50.5 Å². The van der Waals surface area contributed by atoms with Crippen LogP contribution in [0.4, 0.5) is 0 Å². The van der Waals surface area contributed by atoms with Gasteiger partial charge in [-0.25, -0.2) is 9.59 Å². The first kappa shape index (κ1) is 33.3. The maximum atomic E-state index is 12.0. The maximum Gasteiger partial charge on any atom is 0.338 e. The number of rotatable bonds is 21. The van der Waals surface area contributed by atoms with Crippen LogP contribution < -0.4 is 34.4 Å². The van der Waals surface area contributed by atoms with E-state index >= 15 is 0 Å². The summed E-state index contributed by atoms with van der Waals surface area (Å²) in [7, 11) is 2.89. The lowest BCUT2D eigenvalue weighted by atomic mass is 10.1. The van der Waals surface area contributed by atoms with Crippen LogP contribution in [0.2, 0.25) is 0 Å². The third-order valence-electron chi connectivity index (χ3n) is 5.54. The SMILES string of the molecule is CCCN(CCC(N)N)[C@](N)(CCSSCC[C@](N)(C(=O)O)N(CCC)CCC(N)N)C(=O)O. The predicted molar refractivity (Wildman–Crippen MR) is 141 cm³/mol. The van der Waals surface area contributed by atoms with Gasteiger partial charge in [0.05, 0.1) is 12.3 Å².